The van der Waals surface area contributed by atoms with E-state index in [1.54, 1.807) is 31.7 Å². The molecule has 0 radical (unpaired) electrons. The van der Waals surface area contributed by atoms with Crippen LogP contribution in [0.25, 0.3) is 43.9 Å². The van der Waals surface area contributed by atoms with Crippen molar-refractivity contribution in [2.45, 2.75) is 181 Å². The van der Waals surface area contributed by atoms with Crippen LogP contribution < -0.4 is 49.1 Å². The Balaban J connectivity index is 0.000000156. The number of H-pyrrole nitrogens is 4. The number of hydrogen-bond acceptors (Lipinski definition) is 12. The SMILES string of the molecule is CCC(C)n1c(C)c(C(=O)NCc2c(C)cc(C)[nH]c2=O)c2cccnc21.CC[C@@H](C)n1c(C)c(C(=O)NCc2c(C)cc(C)[nH]c2=O)c2cnc(Cl)nc21.Cc1cc(C)c(CNC(=O)c2c(C)n(C(C)c3cccc(Cl)c3)c3ccccc23)c(=O)[nH]1.Cc1cc(C)c(CNC(=O)c2c(C)n(Cc3ccccc3)c3c(=O)n(C)ccc23)c(=O)[nH]1. The van der Waals surface area contributed by atoms with Gasteiger partial charge in [0.2, 0.25) is 5.28 Å². The maximum Gasteiger partial charge on any atom is 0.274 e. The van der Waals surface area contributed by atoms with Gasteiger partial charge in [0.1, 0.15) is 16.8 Å². The zero-order chi connectivity index (χ0) is 86.3. The highest BCUT2D eigenvalue weighted by Gasteiger charge is 2.29. The lowest BCUT2D eigenvalue weighted by molar-refractivity contribution is 0.0943. The number of nitrogens with one attached hydrogen (secondary N) is 8. The smallest absolute Gasteiger partial charge is 0.274 e. The molecule has 11 aromatic heterocycles. The van der Waals surface area contributed by atoms with Gasteiger partial charge in [-0.05, 0) is 222 Å². The van der Waals surface area contributed by atoms with E-state index in [0.29, 0.717) is 83.7 Å². The van der Waals surface area contributed by atoms with Gasteiger partial charge in [0, 0.05) is 165 Å². The molecule has 0 bridgehead atoms. The second kappa shape index (κ2) is 37.3. The molecule has 25 nitrogen and oxygen atoms in total. The van der Waals surface area contributed by atoms with Crippen molar-refractivity contribution in [3.05, 3.63) is 325 Å². The number of pyridine rings is 6. The molecule has 0 aliphatic rings. The van der Waals surface area contributed by atoms with Gasteiger partial charge in [-0.3, -0.25) is 43.2 Å². The molecule has 0 saturated carbocycles. The second-order valence-electron chi connectivity index (χ2n) is 30.5. The van der Waals surface area contributed by atoms with Crippen molar-refractivity contribution in [3.63, 3.8) is 0 Å². The fourth-order valence-corrected chi connectivity index (χ4v) is 16.1. The minimum Gasteiger partial charge on any atom is -0.348 e. The first-order valence-corrected chi connectivity index (χ1v) is 40.4. The minimum atomic E-state index is -0.313. The van der Waals surface area contributed by atoms with Crippen molar-refractivity contribution in [1.82, 2.24) is 79.0 Å². The van der Waals surface area contributed by atoms with E-state index in [0.717, 1.165) is 108 Å². The average molecular weight is 1650 g/mol. The van der Waals surface area contributed by atoms with Crippen LogP contribution in [0.5, 0.6) is 0 Å². The van der Waals surface area contributed by atoms with Crippen LogP contribution in [-0.2, 0) is 39.8 Å². The van der Waals surface area contributed by atoms with Gasteiger partial charge in [0.15, 0.2) is 0 Å². The van der Waals surface area contributed by atoms with Crippen LogP contribution in [0, 0.1) is 83.1 Å². The third kappa shape index (κ3) is 18.7. The molecule has 8 N–H and O–H groups in total. The molecule has 0 saturated heterocycles. The largest absolute Gasteiger partial charge is 0.348 e. The predicted molar refractivity (Wildman–Crippen MR) is 472 cm³/mol. The summed E-state index contributed by atoms with van der Waals surface area (Å²) in [6.45, 7) is 34.0. The van der Waals surface area contributed by atoms with E-state index in [2.05, 4.69) is 99.9 Å². The lowest BCUT2D eigenvalue weighted by atomic mass is 10.1. The highest BCUT2D eigenvalue weighted by atomic mass is 35.5. The highest BCUT2D eigenvalue weighted by molar-refractivity contribution is 6.30. The lowest BCUT2D eigenvalue weighted by Crippen LogP contribution is -2.28. The Kier molecular flexibility index (Phi) is 27.3. The van der Waals surface area contributed by atoms with Gasteiger partial charge in [-0.15, -0.1) is 0 Å². The molecule has 119 heavy (non-hydrogen) atoms. The summed E-state index contributed by atoms with van der Waals surface area (Å²) in [5, 5.41) is 15.4. The molecule has 4 amide bonds. The summed E-state index contributed by atoms with van der Waals surface area (Å²) in [5.74, 6) is -0.969. The van der Waals surface area contributed by atoms with E-state index < -0.39 is 0 Å². The van der Waals surface area contributed by atoms with Gasteiger partial charge < -0.3 is 64.0 Å². The van der Waals surface area contributed by atoms with Crippen LogP contribution in [0.1, 0.15) is 208 Å². The number of rotatable bonds is 20. The van der Waals surface area contributed by atoms with Crippen LogP contribution in [-0.4, -0.2) is 81.4 Å². The molecule has 0 aliphatic carbocycles. The molecule has 11 heterocycles. The van der Waals surface area contributed by atoms with Crippen LogP contribution in [0.15, 0.2) is 164 Å². The Morgan fingerprint density at radius 3 is 1.33 bits per heavy atom. The number of nitrogens with zero attached hydrogens (tertiary/aromatic N) is 8. The number of aromatic nitrogens is 12. The Morgan fingerprint density at radius 2 is 0.866 bits per heavy atom. The van der Waals surface area contributed by atoms with E-state index in [1.165, 1.54) is 4.57 Å². The summed E-state index contributed by atoms with van der Waals surface area (Å²) in [6, 6.07) is 39.0. The van der Waals surface area contributed by atoms with E-state index in [-0.39, 0.29) is 101 Å². The van der Waals surface area contributed by atoms with Crippen LogP contribution >= 0.6 is 23.2 Å². The van der Waals surface area contributed by atoms with Crippen molar-refractivity contribution in [3.8, 4) is 0 Å². The Labute approximate surface area is 698 Å². The van der Waals surface area contributed by atoms with Gasteiger partial charge in [-0.1, -0.05) is 86.1 Å². The van der Waals surface area contributed by atoms with Crippen molar-refractivity contribution in [2.24, 2.45) is 7.05 Å². The van der Waals surface area contributed by atoms with Crippen LogP contribution in [0.4, 0.5) is 0 Å². The molecular formula is C92H102Cl2N16O9. The molecule has 14 rings (SSSR count). The number of carbonyl (C=O) groups is 4. The number of amides is 4. The molecule has 0 aliphatic heterocycles. The molecule has 2 unspecified atom stereocenters. The first-order valence-electron chi connectivity index (χ1n) is 39.6. The zero-order valence-corrected chi connectivity index (χ0v) is 72.0. The van der Waals surface area contributed by atoms with Crippen LogP contribution in [0.2, 0.25) is 10.3 Å². The van der Waals surface area contributed by atoms with Gasteiger partial charge in [-0.2, -0.15) is 4.98 Å². The second-order valence-corrected chi connectivity index (χ2v) is 31.3. The number of hydrogen-bond donors (Lipinski definition) is 8. The molecule has 14 aromatic rings. The average Bonchev–Trinajstić information content (AvgIpc) is 1.62. The lowest BCUT2D eigenvalue weighted by Gasteiger charge is -2.18. The predicted octanol–water partition coefficient (Wildman–Crippen LogP) is 15.5. The van der Waals surface area contributed by atoms with Crippen LogP contribution in [0.3, 0.4) is 0 Å². The highest BCUT2D eigenvalue weighted by Crippen LogP contribution is 2.35. The molecular weight excluding hydrogens is 1540 g/mol. The Hall–Kier alpha value is -12.7. The van der Waals surface area contributed by atoms with E-state index >= 15 is 0 Å². The topological polar surface area (TPSA) is 328 Å². The maximum atomic E-state index is 13.3. The normalized spacial score (nSPS) is 12.0. The summed E-state index contributed by atoms with van der Waals surface area (Å²) in [5.41, 5.74) is 18.4. The summed E-state index contributed by atoms with van der Waals surface area (Å²) >= 11 is 12.2. The number of para-hydroxylation sites is 1. The molecule has 618 valence electrons. The van der Waals surface area contributed by atoms with Crippen molar-refractivity contribution < 1.29 is 19.2 Å². The van der Waals surface area contributed by atoms with Gasteiger partial charge in [-0.25, -0.2) is 9.97 Å². The summed E-state index contributed by atoms with van der Waals surface area (Å²) in [4.78, 5) is 139. The van der Waals surface area contributed by atoms with Crippen molar-refractivity contribution >= 4 is 90.7 Å². The first kappa shape index (κ1) is 87.1. The maximum absolute atomic E-state index is 13.3. The molecule has 27 heteroatoms. The van der Waals surface area contributed by atoms with Gasteiger partial charge >= 0.3 is 0 Å². The van der Waals surface area contributed by atoms with E-state index in [9.17, 15) is 43.2 Å². The minimum absolute atomic E-state index is 0.0117. The summed E-state index contributed by atoms with van der Waals surface area (Å²) in [7, 11) is 1.70. The molecule has 3 atom stereocenters. The number of fused-ring (bicyclic) bond motifs is 4. The number of halogens is 2. The first-order chi connectivity index (χ1) is 56.6. The fourth-order valence-electron chi connectivity index (χ4n) is 15.8. The summed E-state index contributed by atoms with van der Waals surface area (Å²) in [6.07, 6.45) is 6.82. The molecule has 3 aromatic carbocycles. The molecule has 0 fully saturated rings. The van der Waals surface area contributed by atoms with Gasteiger partial charge in [0.25, 0.3) is 51.4 Å². The third-order valence-electron chi connectivity index (χ3n) is 22.2. The van der Waals surface area contributed by atoms with Gasteiger partial charge in [0.05, 0.1) is 33.7 Å². The number of aromatic amines is 4. The number of benzene rings is 3. The van der Waals surface area contributed by atoms with E-state index in [1.807, 2.05) is 207 Å². The number of carbonyl (C=O) groups excluding carboxylic acids is 4. The quantitative estimate of drug-likeness (QED) is 0.0330. The van der Waals surface area contributed by atoms with E-state index in [4.69, 9.17) is 23.2 Å². The van der Waals surface area contributed by atoms with Crippen molar-refractivity contribution in [2.75, 3.05) is 0 Å². The zero-order valence-electron chi connectivity index (χ0n) is 70.5. The third-order valence-corrected chi connectivity index (χ3v) is 22.6. The van der Waals surface area contributed by atoms with Crippen molar-refractivity contribution in [1.29, 1.82) is 0 Å². The standard InChI is InChI=1S/C26H26ClN3O2.C25H26N4O3.C21H26N4O2.C20H24ClN5O2/c1-15-12-16(2)29-25(31)22(15)14-28-26(32)24-18(4)30(23-11-6-5-10-21(23)24)17(3)19-8-7-9-20(27)13-19;1-15-12-16(2)27-23(30)20(15)13-26-24(31)21-17(3)29(14-18-8-6-5-7-9-18)22-19(21)10-11-28(4)25(22)32;1-6-14(4)25-15(5)18(16-8-7-9-22-19(16)25)21(27)23-11-17-12(2)10-13(3)24-20(17)26;1-6-12(4)26-13(5)16(15-9-23-20(21)25-17(15)26)19(28)22-8-14-10(2)7-11(3)24-18(14)27/h5-13,17H,14H2,1-4H3,(H,28,32)(H,29,31);5-12H,13-14H2,1-4H3,(H,26,31)(H,27,30);7-10,14H,6,11H2,1-5H3,(H,23,27)(H,24,26);7,9,12H,6,8H2,1-5H3,(H,22,28)(H,24,27)/t;;;12-/m...1/s1. The fraction of sp³-hybridized carbons (Fsp3) is 0.304. The molecule has 0 spiro atoms. The summed E-state index contributed by atoms with van der Waals surface area (Å²) < 4.78 is 9.71. The Bertz CT molecular complexity index is 6570. The monoisotopic (exact) mass is 1640 g/mol. The Morgan fingerprint density at radius 1 is 0.445 bits per heavy atom. The number of aryl methyl sites for hydroxylation is 9.